The second-order valence-corrected chi connectivity index (χ2v) is 7.59. The normalized spacial score (nSPS) is 11.9. The van der Waals surface area contributed by atoms with Crippen LogP contribution in [0.25, 0.3) is 0 Å². The average molecular weight is 367 g/mol. The summed E-state index contributed by atoms with van der Waals surface area (Å²) < 4.78 is 0. The molecule has 0 saturated heterocycles. The van der Waals surface area contributed by atoms with Crippen LogP contribution in [0.2, 0.25) is 0 Å². The summed E-state index contributed by atoms with van der Waals surface area (Å²) in [5.41, 5.74) is 3.78. The van der Waals surface area contributed by atoms with Gasteiger partial charge in [0.05, 0.1) is 0 Å². The largest absolute Gasteiger partial charge is 0.340 e. The monoisotopic (exact) mass is 366 g/mol. The molecule has 0 saturated carbocycles. The van der Waals surface area contributed by atoms with Gasteiger partial charge >= 0.3 is 0 Å². The van der Waals surface area contributed by atoms with E-state index in [0.717, 1.165) is 16.7 Å². The Morgan fingerprint density at radius 2 is 1.56 bits per heavy atom. The minimum absolute atomic E-state index is 0.0612. The van der Waals surface area contributed by atoms with Crippen molar-refractivity contribution in [2.75, 3.05) is 7.05 Å². The summed E-state index contributed by atoms with van der Waals surface area (Å²) in [6.07, 6.45) is 0.606. The highest BCUT2D eigenvalue weighted by atomic mass is 16.2. The van der Waals surface area contributed by atoms with Crippen LogP contribution in [-0.2, 0) is 11.3 Å². The molecule has 0 bridgehead atoms. The lowest BCUT2D eigenvalue weighted by Crippen LogP contribution is -2.48. The second kappa shape index (κ2) is 9.36. The molecule has 0 radical (unpaired) electrons. The highest BCUT2D eigenvalue weighted by Gasteiger charge is 2.26. The van der Waals surface area contributed by atoms with Crippen molar-refractivity contribution in [3.63, 3.8) is 0 Å². The summed E-state index contributed by atoms with van der Waals surface area (Å²) in [5.74, 6) is 0.0354. The van der Waals surface area contributed by atoms with Crippen molar-refractivity contribution >= 4 is 11.8 Å². The summed E-state index contributed by atoms with van der Waals surface area (Å²) in [6.45, 7) is 8.58. The number of amides is 2. The zero-order valence-corrected chi connectivity index (χ0v) is 17.0. The van der Waals surface area contributed by atoms with E-state index in [1.807, 2.05) is 56.3 Å². The van der Waals surface area contributed by atoms with Gasteiger partial charge in [-0.25, -0.2) is 0 Å². The van der Waals surface area contributed by atoms with Crippen LogP contribution in [0, 0.1) is 19.8 Å². The van der Waals surface area contributed by atoms with Gasteiger partial charge in [-0.15, -0.1) is 0 Å². The number of nitrogens with zero attached hydrogens (tertiary/aromatic N) is 1. The van der Waals surface area contributed by atoms with E-state index in [1.165, 1.54) is 0 Å². The Kier molecular flexibility index (Phi) is 7.17. The molecular formula is C23H30N2O2. The van der Waals surface area contributed by atoms with Crippen molar-refractivity contribution in [1.29, 1.82) is 0 Å². The van der Waals surface area contributed by atoms with Crippen molar-refractivity contribution in [2.45, 2.75) is 46.7 Å². The summed E-state index contributed by atoms with van der Waals surface area (Å²) in [7, 11) is 1.79. The summed E-state index contributed by atoms with van der Waals surface area (Å²) >= 11 is 0. The van der Waals surface area contributed by atoms with Crippen molar-refractivity contribution in [1.82, 2.24) is 10.2 Å². The molecule has 144 valence electrons. The predicted molar refractivity (Wildman–Crippen MR) is 110 cm³/mol. The number of carbonyl (C=O) groups is 2. The molecule has 0 heterocycles. The summed E-state index contributed by atoms with van der Waals surface area (Å²) in [5, 5.41) is 2.96. The van der Waals surface area contributed by atoms with E-state index in [4.69, 9.17) is 0 Å². The molecule has 1 atom stereocenters. The molecule has 2 amide bonds. The molecular weight excluding hydrogens is 336 g/mol. The van der Waals surface area contributed by atoms with Crippen LogP contribution < -0.4 is 5.32 Å². The SMILES string of the molecule is Cc1ccccc1CN(C)C(=O)C(CC(C)C)NC(=O)c1ccccc1C. The Morgan fingerprint density at radius 1 is 0.963 bits per heavy atom. The lowest BCUT2D eigenvalue weighted by atomic mass is 10.0. The first-order chi connectivity index (χ1) is 12.8. The Balaban J connectivity index is 2.14. The molecule has 0 fully saturated rings. The second-order valence-electron chi connectivity index (χ2n) is 7.59. The molecule has 1 N–H and O–H groups in total. The lowest BCUT2D eigenvalue weighted by Gasteiger charge is -2.26. The van der Waals surface area contributed by atoms with E-state index >= 15 is 0 Å². The van der Waals surface area contributed by atoms with Gasteiger partial charge in [-0.2, -0.15) is 0 Å². The molecule has 1 unspecified atom stereocenters. The zero-order chi connectivity index (χ0) is 20.0. The quantitative estimate of drug-likeness (QED) is 0.802. The summed E-state index contributed by atoms with van der Waals surface area (Å²) in [6, 6.07) is 14.9. The minimum atomic E-state index is -0.536. The minimum Gasteiger partial charge on any atom is -0.340 e. The molecule has 4 nitrogen and oxygen atoms in total. The Labute approximate surface area is 162 Å². The Hall–Kier alpha value is -2.62. The van der Waals surface area contributed by atoms with Crippen LogP contribution >= 0.6 is 0 Å². The van der Waals surface area contributed by atoms with Gasteiger partial charge in [0.25, 0.3) is 5.91 Å². The molecule has 2 rings (SSSR count). The highest BCUT2D eigenvalue weighted by molar-refractivity contribution is 5.98. The van der Waals surface area contributed by atoms with Gasteiger partial charge < -0.3 is 10.2 Å². The van der Waals surface area contributed by atoms with E-state index in [2.05, 4.69) is 19.2 Å². The third-order valence-corrected chi connectivity index (χ3v) is 4.75. The predicted octanol–water partition coefficient (Wildman–Crippen LogP) is 4.11. The maximum atomic E-state index is 13.1. The number of hydrogen-bond donors (Lipinski definition) is 1. The van der Waals surface area contributed by atoms with Crippen LogP contribution in [0.5, 0.6) is 0 Å². The van der Waals surface area contributed by atoms with Crippen LogP contribution in [0.3, 0.4) is 0 Å². The molecule has 0 aromatic heterocycles. The number of carbonyl (C=O) groups excluding carboxylic acids is 2. The Bertz CT molecular complexity index is 798. The van der Waals surface area contributed by atoms with Gasteiger partial charge in [-0.05, 0) is 48.9 Å². The van der Waals surface area contributed by atoms with Crippen molar-refractivity contribution in [2.24, 2.45) is 5.92 Å². The first-order valence-electron chi connectivity index (χ1n) is 9.45. The highest BCUT2D eigenvalue weighted by Crippen LogP contribution is 2.14. The fourth-order valence-corrected chi connectivity index (χ4v) is 3.14. The molecule has 0 aliphatic heterocycles. The zero-order valence-electron chi connectivity index (χ0n) is 17.0. The number of nitrogens with one attached hydrogen (secondary N) is 1. The van der Waals surface area contributed by atoms with Crippen LogP contribution in [0.15, 0.2) is 48.5 Å². The third-order valence-electron chi connectivity index (χ3n) is 4.75. The van der Waals surface area contributed by atoms with E-state index in [9.17, 15) is 9.59 Å². The molecule has 0 aliphatic carbocycles. The van der Waals surface area contributed by atoms with Gasteiger partial charge in [-0.3, -0.25) is 9.59 Å². The van der Waals surface area contributed by atoms with E-state index < -0.39 is 6.04 Å². The number of rotatable bonds is 7. The molecule has 2 aromatic rings. The number of aryl methyl sites for hydroxylation is 2. The molecule has 0 aliphatic rings. The van der Waals surface area contributed by atoms with E-state index in [-0.39, 0.29) is 11.8 Å². The maximum Gasteiger partial charge on any atom is 0.252 e. The van der Waals surface area contributed by atoms with Gasteiger partial charge in [0.1, 0.15) is 6.04 Å². The molecule has 27 heavy (non-hydrogen) atoms. The number of benzene rings is 2. The third kappa shape index (κ3) is 5.68. The fraction of sp³-hybridized carbons (Fsp3) is 0.391. The fourth-order valence-electron chi connectivity index (χ4n) is 3.14. The lowest BCUT2D eigenvalue weighted by molar-refractivity contribution is -0.132. The first-order valence-corrected chi connectivity index (χ1v) is 9.45. The van der Waals surface area contributed by atoms with Crippen LogP contribution in [0.4, 0.5) is 0 Å². The Morgan fingerprint density at radius 3 is 2.15 bits per heavy atom. The summed E-state index contributed by atoms with van der Waals surface area (Å²) in [4.78, 5) is 27.5. The van der Waals surface area contributed by atoms with Crippen LogP contribution in [-0.4, -0.2) is 29.8 Å². The topological polar surface area (TPSA) is 49.4 Å². The molecule has 0 spiro atoms. The van der Waals surface area contributed by atoms with E-state index in [1.54, 1.807) is 18.0 Å². The number of hydrogen-bond acceptors (Lipinski definition) is 2. The van der Waals surface area contributed by atoms with Gasteiger partial charge in [0, 0.05) is 19.2 Å². The molecule has 4 heteroatoms. The van der Waals surface area contributed by atoms with Crippen molar-refractivity contribution in [3.05, 3.63) is 70.8 Å². The maximum absolute atomic E-state index is 13.1. The van der Waals surface area contributed by atoms with Crippen molar-refractivity contribution in [3.8, 4) is 0 Å². The first kappa shape index (κ1) is 20.7. The smallest absolute Gasteiger partial charge is 0.252 e. The van der Waals surface area contributed by atoms with Gasteiger partial charge in [0.2, 0.25) is 5.91 Å². The standard InChI is InChI=1S/C23H30N2O2/c1-16(2)14-21(24-22(26)20-13-9-7-11-18(20)4)23(27)25(5)15-19-12-8-6-10-17(19)3/h6-13,16,21H,14-15H2,1-5H3,(H,24,26). The van der Waals surface area contributed by atoms with Gasteiger partial charge in [0.15, 0.2) is 0 Å². The number of likely N-dealkylation sites (N-methyl/N-ethyl adjacent to an activating group) is 1. The van der Waals surface area contributed by atoms with Crippen molar-refractivity contribution < 1.29 is 9.59 Å². The average Bonchev–Trinajstić information content (AvgIpc) is 2.62. The molecule has 2 aromatic carbocycles. The van der Waals surface area contributed by atoms with E-state index in [0.29, 0.717) is 24.4 Å². The van der Waals surface area contributed by atoms with Gasteiger partial charge in [-0.1, -0.05) is 56.3 Å². The van der Waals surface area contributed by atoms with Crippen LogP contribution in [0.1, 0.15) is 47.3 Å².